The summed E-state index contributed by atoms with van der Waals surface area (Å²) in [5, 5.41) is 0. The van der Waals surface area contributed by atoms with Crippen LogP contribution in [-0.2, 0) is 0 Å². The maximum absolute atomic E-state index is 3.18. The van der Waals surface area contributed by atoms with Crippen molar-refractivity contribution in [3.8, 4) is 23.7 Å². The van der Waals surface area contributed by atoms with Crippen LogP contribution in [0.25, 0.3) is 0 Å². The number of hydrogen-bond acceptors (Lipinski definition) is 2. The van der Waals surface area contributed by atoms with E-state index in [1.54, 1.807) is 0 Å². The Morgan fingerprint density at radius 1 is 0.700 bits per heavy atom. The topological polar surface area (TPSA) is 6.48 Å². The van der Waals surface area contributed by atoms with Gasteiger partial charge in [0, 0.05) is 37.1 Å². The fourth-order valence-corrected chi connectivity index (χ4v) is 1.53. The van der Waals surface area contributed by atoms with E-state index >= 15 is 0 Å². The summed E-state index contributed by atoms with van der Waals surface area (Å²) in [6, 6.07) is 8.16. The second kappa shape index (κ2) is 9.21. The molecule has 0 amide bonds. The number of benzene rings is 1. The van der Waals surface area contributed by atoms with Crippen molar-refractivity contribution < 1.29 is 0 Å². The molecule has 0 heterocycles. The molecule has 0 saturated heterocycles. The summed E-state index contributed by atoms with van der Waals surface area (Å²) in [6.45, 7) is 2.00. The first-order chi connectivity index (χ1) is 9.58. The van der Waals surface area contributed by atoms with Gasteiger partial charge in [-0.2, -0.15) is 0 Å². The van der Waals surface area contributed by atoms with Gasteiger partial charge in [0.15, 0.2) is 0 Å². The van der Waals surface area contributed by atoms with Gasteiger partial charge in [-0.15, -0.1) is 0 Å². The molecule has 0 spiro atoms. The first kappa shape index (κ1) is 16.3. The third-order valence-electron chi connectivity index (χ3n) is 2.72. The molecule has 1 aromatic rings. The number of hydrogen-bond donors (Lipinski definition) is 0. The summed E-state index contributed by atoms with van der Waals surface area (Å²) in [5.74, 6) is 12.7. The van der Waals surface area contributed by atoms with Crippen LogP contribution in [0.1, 0.15) is 24.0 Å². The zero-order valence-corrected chi connectivity index (χ0v) is 13.0. The van der Waals surface area contributed by atoms with E-state index in [4.69, 9.17) is 0 Å². The molecule has 0 atom stereocenters. The van der Waals surface area contributed by atoms with Crippen LogP contribution in [0.5, 0.6) is 0 Å². The van der Waals surface area contributed by atoms with E-state index in [2.05, 4.69) is 61.7 Å². The van der Waals surface area contributed by atoms with Gasteiger partial charge in [0.25, 0.3) is 0 Å². The lowest BCUT2D eigenvalue weighted by atomic mass is 10.1. The van der Waals surface area contributed by atoms with E-state index in [0.29, 0.717) is 0 Å². The van der Waals surface area contributed by atoms with Gasteiger partial charge in [-0.1, -0.05) is 23.7 Å². The normalized spacial score (nSPS) is 9.90. The predicted molar refractivity (Wildman–Crippen MR) is 86.5 cm³/mol. The Bertz CT molecular complexity index is 455. The molecule has 0 aliphatic heterocycles. The van der Waals surface area contributed by atoms with Gasteiger partial charge in [-0.3, -0.25) is 0 Å². The van der Waals surface area contributed by atoms with E-state index in [1.165, 1.54) is 0 Å². The second-order valence-corrected chi connectivity index (χ2v) is 5.29. The van der Waals surface area contributed by atoms with E-state index in [1.807, 2.05) is 24.3 Å². The van der Waals surface area contributed by atoms with E-state index < -0.39 is 0 Å². The second-order valence-electron chi connectivity index (χ2n) is 5.29. The Morgan fingerprint density at radius 3 is 1.35 bits per heavy atom. The molecule has 0 N–H and O–H groups in total. The van der Waals surface area contributed by atoms with Crippen LogP contribution in [-0.4, -0.2) is 51.1 Å². The van der Waals surface area contributed by atoms with Crippen molar-refractivity contribution in [3.05, 3.63) is 35.4 Å². The first-order valence-corrected chi connectivity index (χ1v) is 6.95. The zero-order chi connectivity index (χ0) is 14.8. The quantitative estimate of drug-likeness (QED) is 0.773. The third-order valence-corrected chi connectivity index (χ3v) is 2.72. The Labute approximate surface area is 123 Å². The molecule has 0 fully saturated rings. The largest absolute Gasteiger partial charge is 0.308 e. The summed E-state index contributed by atoms with van der Waals surface area (Å²) in [7, 11) is 8.24. The Kier molecular flexibility index (Phi) is 7.51. The van der Waals surface area contributed by atoms with E-state index in [0.717, 1.165) is 37.1 Å². The van der Waals surface area contributed by atoms with Gasteiger partial charge >= 0.3 is 0 Å². The van der Waals surface area contributed by atoms with Gasteiger partial charge in [0.1, 0.15) is 0 Å². The van der Waals surface area contributed by atoms with Gasteiger partial charge in [0.2, 0.25) is 0 Å². The minimum Gasteiger partial charge on any atom is -0.308 e. The smallest absolute Gasteiger partial charge is 0.0246 e. The summed E-state index contributed by atoms with van der Waals surface area (Å²) >= 11 is 0. The molecule has 0 aliphatic rings. The first-order valence-electron chi connectivity index (χ1n) is 6.95. The SMILES string of the molecule is CN(C)CCC#Cc1ccc(C#CCCN(C)C)cc1. The fraction of sp³-hybridized carbons (Fsp3) is 0.444. The van der Waals surface area contributed by atoms with Crippen molar-refractivity contribution in [3.63, 3.8) is 0 Å². The summed E-state index contributed by atoms with van der Waals surface area (Å²) in [5.41, 5.74) is 2.12. The summed E-state index contributed by atoms with van der Waals surface area (Å²) < 4.78 is 0. The molecule has 0 radical (unpaired) electrons. The molecular formula is C18H24N2. The van der Waals surface area contributed by atoms with E-state index in [9.17, 15) is 0 Å². The van der Waals surface area contributed by atoms with Gasteiger partial charge in [-0.25, -0.2) is 0 Å². The molecular weight excluding hydrogens is 244 g/mol. The number of rotatable bonds is 4. The maximum atomic E-state index is 3.18. The van der Waals surface area contributed by atoms with Crippen molar-refractivity contribution in [1.29, 1.82) is 0 Å². The lowest BCUT2D eigenvalue weighted by Gasteiger charge is -2.04. The monoisotopic (exact) mass is 268 g/mol. The van der Waals surface area contributed by atoms with Crippen LogP contribution in [0.4, 0.5) is 0 Å². The van der Waals surface area contributed by atoms with E-state index in [-0.39, 0.29) is 0 Å². The Balaban J connectivity index is 2.47. The highest BCUT2D eigenvalue weighted by atomic mass is 15.0. The summed E-state index contributed by atoms with van der Waals surface area (Å²) in [4.78, 5) is 4.28. The molecule has 1 aromatic carbocycles. The molecule has 1 rings (SSSR count). The van der Waals surface area contributed by atoms with Gasteiger partial charge < -0.3 is 9.80 Å². The Morgan fingerprint density at radius 2 is 1.05 bits per heavy atom. The van der Waals surface area contributed by atoms with Crippen molar-refractivity contribution in [1.82, 2.24) is 9.80 Å². The highest BCUT2D eigenvalue weighted by molar-refractivity contribution is 5.41. The van der Waals surface area contributed by atoms with Crippen molar-refractivity contribution >= 4 is 0 Å². The minimum absolute atomic E-state index is 0.902. The lowest BCUT2D eigenvalue weighted by Crippen LogP contribution is -2.11. The highest BCUT2D eigenvalue weighted by Crippen LogP contribution is 2.02. The highest BCUT2D eigenvalue weighted by Gasteiger charge is 1.90. The molecule has 2 nitrogen and oxygen atoms in total. The van der Waals surface area contributed by atoms with Crippen LogP contribution in [0.15, 0.2) is 24.3 Å². The minimum atomic E-state index is 0.902. The third kappa shape index (κ3) is 7.64. The number of nitrogens with zero attached hydrogens (tertiary/aromatic N) is 2. The van der Waals surface area contributed by atoms with Crippen molar-refractivity contribution in [2.45, 2.75) is 12.8 Å². The van der Waals surface area contributed by atoms with Crippen molar-refractivity contribution in [2.75, 3.05) is 41.3 Å². The average Bonchev–Trinajstić information content (AvgIpc) is 2.41. The molecule has 0 aliphatic carbocycles. The predicted octanol–water partition coefficient (Wildman–Crippen LogP) is 2.29. The molecule has 0 unspecified atom stereocenters. The molecule has 106 valence electrons. The molecule has 2 heteroatoms. The average molecular weight is 268 g/mol. The zero-order valence-electron chi connectivity index (χ0n) is 13.0. The van der Waals surface area contributed by atoms with Crippen LogP contribution >= 0.6 is 0 Å². The molecule has 0 saturated carbocycles. The fourth-order valence-electron chi connectivity index (χ4n) is 1.53. The molecule has 20 heavy (non-hydrogen) atoms. The molecule has 0 aromatic heterocycles. The molecule has 0 bridgehead atoms. The summed E-state index contributed by atoms with van der Waals surface area (Å²) in [6.07, 6.45) is 1.80. The van der Waals surface area contributed by atoms with Crippen LogP contribution in [0.2, 0.25) is 0 Å². The van der Waals surface area contributed by atoms with Crippen LogP contribution in [0, 0.1) is 23.7 Å². The maximum Gasteiger partial charge on any atom is 0.0246 e. The standard InChI is InChI=1S/C18H24N2/c1-19(2)15-7-5-9-17-11-13-18(14-12-17)10-6-8-16-20(3)4/h11-14H,7-8,15-16H2,1-4H3. The van der Waals surface area contributed by atoms with Crippen LogP contribution < -0.4 is 0 Å². The van der Waals surface area contributed by atoms with Crippen LogP contribution in [0.3, 0.4) is 0 Å². The van der Waals surface area contributed by atoms with Gasteiger partial charge in [-0.05, 0) is 52.5 Å². The van der Waals surface area contributed by atoms with Gasteiger partial charge in [0.05, 0.1) is 0 Å². The Hall–Kier alpha value is -1.74. The van der Waals surface area contributed by atoms with Crippen molar-refractivity contribution in [2.24, 2.45) is 0 Å². The lowest BCUT2D eigenvalue weighted by molar-refractivity contribution is 0.420.